The van der Waals surface area contributed by atoms with Crippen molar-refractivity contribution < 1.29 is 18.8 Å². The molecule has 0 aliphatic carbocycles. The number of hydrogen-bond acceptors (Lipinski definition) is 4. The fraction of sp³-hybridized carbons (Fsp3) is 0.227. The Hall–Kier alpha value is -2.93. The van der Waals surface area contributed by atoms with Crippen LogP contribution >= 0.6 is 11.8 Å². The van der Waals surface area contributed by atoms with Gasteiger partial charge in [0.05, 0.1) is 4.91 Å². The molecule has 1 fully saturated rings. The predicted molar refractivity (Wildman–Crippen MR) is 112 cm³/mol. The van der Waals surface area contributed by atoms with E-state index >= 15 is 0 Å². The number of rotatable bonds is 7. The quantitative estimate of drug-likeness (QED) is 0.700. The molecule has 0 atom stereocenters. The van der Waals surface area contributed by atoms with Crippen LogP contribution in [-0.4, -0.2) is 35.0 Å². The molecule has 1 heterocycles. The molecule has 0 unspecified atom stereocenters. The molecule has 2 aromatic rings. The van der Waals surface area contributed by atoms with Crippen molar-refractivity contribution in [1.29, 1.82) is 0 Å². The van der Waals surface area contributed by atoms with Crippen molar-refractivity contribution in [3.63, 3.8) is 0 Å². The van der Waals surface area contributed by atoms with E-state index in [1.807, 2.05) is 31.2 Å². The largest absolute Gasteiger partial charge is 0.354 e. The Morgan fingerprint density at radius 3 is 2.59 bits per heavy atom. The molecule has 0 spiro atoms. The van der Waals surface area contributed by atoms with Crippen LogP contribution in [0.15, 0.2) is 53.4 Å². The van der Waals surface area contributed by atoms with Gasteiger partial charge in [-0.3, -0.25) is 19.3 Å². The number of amides is 3. The minimum Gasteiger partial charge on any atom is -0.354 e. The maximum absolute atomic E-state index is 13.6. The summed E-state index contributed by atoms with van der Waals surface area (Å²) in [4.78, 5) is 38.1. The summed E-state index contributed by atoms with van der Waals surface area (Å²) in [5.41, 5.74) is 2.44. The normalized spacial score (nSPS) is 15.2. The van der Waals surface area contributed by atoms with Gasteiger partial charge >= 0.3 is 0 Å². The Bertz CT molecular complexity index is 957. The molecule has 1 aliphatic rings. The first kappa shape index (κ1) is 20.8. The van der Waals surface area contributed by atoms with E-state index in [9.17, 15) is 18.8 Å². The van der Waals surface area contributed by atoms with Crippen LogP contribution in [0.2, 0.25) is 0 Å². The summed E-state index contributed by atoms with van der Waals surface area (Å²) in [6.07, 6.45) is 2.12. The lowest BCUT2D eigenvalue weighted by Gasteiger charge is -2.13. The fourth-order valence-electron chi connectivity index (χ4n) is 2.85. The highest BCUT2D eigenvalue weighted by molar-refractivity contribution is 8.18. The molecule has 29 heavy (non-hydrogen) atoms. The molecule has 0 aromatic heterocycles. The zero-order valence-corrected chi connectivity index (χ0v) is 16.8. The molecular weight excluding hydrogens is 391 g/mol. The maximum atomic E-state index is 13.6. The third-order valence-corrected chi connectivity index (χ3v) is 5.39. The zero-order chi connectivity index (χ0) is 20.8. The van der Waals surface area contributed by atoms with Gasteiger partial charge in [0.25, 0.3) is 11.1 Å². The lowest BCUT2D eigenvalue weighted by atomic mass is 10.1. The van der Waals surface area contributed by atoms with Crippen LogP contribution in [0.25, 0.3) is 6.08 Å². The fourth-order valence-corrected chi connectivity index (χ4v) is 3.72. The Morgan fingerprint density at radius 2 is 1.86 bits per heavy atom. The molecular formula is C22H21FN2O3S. The molecule has 3 amide bonds. The Kier molecular flexibility index (Phi) is 6.82. The SMILES string of the molecule is Cc1ccc(/C=C2\SC(=O)N(CCNC(=O)CCc3ccccc3F)C2=O)cc1. The van der Waals surface area contributed by atoms with Gasteiger partial charge < -0.3 is 5.32 Å². The van der Waals surface area contributed by atoms with Crippen LogP contribution < -0.4 is 5.32 Å². The lowest BCUT2D eigenvalue weighted by Crippen LogP contribution is -2.37. The van der Waals surface area contributed by atoms with E-state index in [1.165, 1.54) is 6.07 Å². The third kappa shape index (κ3) is 5.54. The van der Waals surface area contributed by atoms with Crippen molar-refractivity contribution in [1.82, 2.24) is 10.2 Å². The summed E-state index contributed by atoms with van der Waals surface area (Å²) in [7, 11) is 0. The topological polar surface area (TPSA) is 66.5 Å². The average Bonchev–Trinajstić information content (AvgIpc) is 2.96. The van der Waals surface area contributed by atoms with E-state index < -0.39 is 0 Å². The summed E-state index contributed by atoms with van der Waals surface area (Å²) >= 11 is 0.893. The average molecular weight is 412 g/mol. The van der Waals surface area contributed by atoms with Gasteiger partial charge in [-0.15, -0.1) is 0 Å². The molecule has 150 valence electrons. The Balaban J connectivity index is 1.48. The zero-order valence-electron chi connectivity index (χ0n) is 16.0. The highest BCUT2D eigenvalue weighted by atomic mass is 32.2. The van der Waals surface area contributed by atoms with E-state index in [4.69, 9.17) is 0 Å². The van der Waals surface area contributed by atoms with Crippen LogP contribution in [0.1, 0.15) is 23.1 Å². The number of aryl methyl sites for hydroxylation is 2. The number of nitrogens with zero attached hydrogens (tertiary/aromatic N) is 1. The van der Waals surface area contributed by atoms with E-state index in [0.717, 1.165) is 27.8 Å². The van der Waals surface area contributed by atoms with E-state index in [1.54, 1.807) is 24.3 Å². The van der Waals surface area contributed by atoms with Gasteiger partial charge in [0.2, 0.25) is 5.91 Å². The first-order valence-electron chi connectivity index (χ1n) is 9.26. The second kappa shape index (κ2) is 9.52. The molecule has 1 N–H and O–H groups in total. The van der Waals surface area contributed by atoms with Crippen molar-refractivity contribution in [3.05, 3.63) is 75.9 Å². The van der Waals surface area contributed by atoms with Crippen LogP contribution in [0.5, 0.6) is 0 Å². The van der Waals surface area contributed by atoms with Gasteiger partial charge in [0.15, 0.2) is 0 Å². The van der Waals surface area contributed by atoms with E-state index in [-0.39, 0.29) is 42.4 Å². The smallest absolute Gasteiger partial charge is 0.293 e. The van der Waals surface area contributed by atoms with E-state index in [0.29, 0.717) is 16.9 Å². The number of hydrogen-bond donors (Lipinski definition) is 1. The molecule has 1 saturated heterocycles. The summed E-state index contributed by atoms with van der Waals surface area (Å²) in [6, 6.07) is 14.0. The summed E-state index contributed by atoms with van der Waals surface area (Å²) < 4.78 is 13.6. The predicted octanol–water partition coefficient (Wildman–Crippen LogP) is 3.92. The second-order valence-corrected chi connectivity index (χ2v) is 7.68. The van der Waals surface area contributed by atoms with Crippen LogP contribution in [0.4, 0.5) is 9.18 Å². The van der Waals surface area contributed by atoms with Gasteiger partial charge in [-0.2, -0.15) is 0 Å². The third-order valence-electron chi connectivity index (χ3n) is 4.49. The molecule has 0 bridgehead atoms. The summed E-state index contributed by atoms with van der Waals surface area (Å²) in [5.74, 6) is -0.949. The van der Waals surface area contributed by atoms with E-state index in [2.05, 4.69) is 5.32 Å². The molecule has 7 heteroatoms. The number of halogens is 1. The van der Waals surface area contributed by atoms with Crippen molar-refractivity contribution >= 4 is 34.9 Å². The molecule has 0 radical (unpaired) electrons. The molecule has 0 saturated carbocycles. The first-order valence-corrected chi connectivity index (χ1v) is 10.1. The number of thioether (sulfide) groups is 1. The van der Waals surface area contributed by atoms with Crippen LogP contribution in [0.3, 0.4) is 0 Å². The van der Waals surface area contributed by atoms with Crippen molar-refractivity contribution in [2.24, 2.45) is 0 Å². The van der Waals surface area contributed by atoms with Crippen LogP contribution in [-0.2, 0) is 16.0 Å². The molecule has 3 rings (SSSR count). The molecule has 1 aliphatic heterocycles. The number of nitrogens with one attached hydrogen (secondary N) is 1. The number of carbonyl (C=O) groups is 3. The van der Waals surface area contributed by atoms with Gasteiger partial charge in [-0.05, 0) is 48.4 Å². The molecule has 5 nitrogen and oxygen atoms in total. The van der Waals surface area contributed by atoms with Crippen molar-refractivity contribution in [3.8, 4) is 0 Å². The summed E-state index contributed by atoms with van der Waals surface area (Å²) in [6.45, 7) is 2.23. The Morgan fingerprint density at radius 1 is 1.14 bits per heavy atom. The highest BCUT2D eigenvalue weighted by Crippen LogP contribution is 2.31. The van der Waals surface area contributed by atoms with Gasteiger partial charge in [0, 0.05) is 19.5 Å². The summed E-state index contributed by atoms with van der Waals surface area (Å²) in [5, 5.41) is 2.32. The molecule has 2 aromatic carbocycles. The Labute approximate surface area is 173 Å². The number of carbonyl (C=O) groups excluding carboxylic acids is 3. The van der Waals surface area contributed by atoms with Crippen molar-refractivity contribution in [2.75, 3.05) is 13.1 Å². The van der Waals surface area contributed by atoms with Gasteiger partial charge in [-0.25, -0.2) is 4.39 Å². The minimum absolute atomic E-state index is 0.0986. The number of benzene rings is 2. The highest BCUT2D eigenvalue weighted by Gasteiger charge is 2.34. The van der Waals surface area contributed by atoms with Gasteiger partial charge in [-0.1, -0.05) is 48.0 Å². The monoisotopic (exact) mass is 412 g/mol. The second-order valence-electron chi connectivity index (χ2n) is 6.69. The lowest BCUT2D eigenvalue weighted by molar-refractivity contribution is -0.124. The first-order chi connectivity index (χ1) is 13.9. The van der Waals surface area contributed by atoms with Crippen LogP contribution in [0, 0.1) is 12.7 Å². The number of imide groups is 1. The minimum atomic E-state index is -0.360. The van der Waals surface area contributed by atoms with Crippen molar-refractivity contribution in [2.45, 2.75) is 19.8 Å². The maximum Gasteiger partial charge on any atom is 0.293 e. The standard InChI is InChI=1S/C22H21FN2O3S/c1-15-6-8-16(9-7-15)14-19-21(27)25(22(28)29-19)13-12-24-20(26)11-10-17-4-2-3-5-18(17)23/h2-9,14H,10-13H2,1H3,(H,24,26)/b19-14-. The van der Waals surface area contributed by atoms with Gasteiger partial charge in [0.1, 0.15) is 5.82 Å².